The molecule has 3 amide bonds. The van der Waals surface area contributed by atoms with Crippen molar-refractivity contribution in [2.75, 3.05) is 13.1 Å². The van der Waals surface area contributed by atoms with Crippen molar-refractivity contribution in [3.63, 3.8) is 0 Å². The van der Waals surface area contributed by atoms with E-state index in [1.54, 1.807) is 6.20 Å². The molecule has 3 atom stereocenters. The summed E-state index contributed by atoms with van der Waals surface area (Å²) in [6.07, 6.45) is 2.79. The summed E-state index contributed by atoms with van der Waals surface area (Å²) in [5.74, 6) is -2.95. The standard InChI is InChI=1S/C25H38N8O5/c1-14(2)10-17(26)22(36)33-20(11-15-12-30-18-7-4-3-6-16(15)18)24(38)32-19(8-5-9-29-25(27)28)23(37)31-13-21(34)35/h3-4,6-7,12,14,17,19-20,30H,5,8-11,13,26H2,1-2H3,(H,31,37)(H,32,38)(H,33,36)(H,34,35)(H4,27,28,29). The molecule has 2 rings (SSSR count). The summed E-state index contributed by atoms with van der Waals surface area (Å²) in [6, 6.07) is 4.59. The van der Waals surface area contributed by atoms with E-state index in [0.29, 0.717) is 12.8 Å². The fraction of sp³-hybridized carbons (Fsp3) is 0.480. The van der Waals surface area contributed by atoms with Crippen LogP contribution in [0.5, 0.6) is 0 Å². The number of benzene rings is 1. The number of hydrogen-bond acceptors (Lipinski definition) is 6. The topological polar surface area (TPSA) is 231 Å². The van der Waals surface area contributed by atoms with Gasteiger partial charge in [0.15, 0.2) is 5.96 Å². The van der Waals surface area contributed by atoms with Crippen LogP contribution in [0.1, 0.15) is 38.7 Å². The molecule has 11 N–H and O–H groups in total. The van der Waals surface area contributed by atoms with Gasteiger partial charge in [0.05, 0.1) is 6.04 Å². The third kappa shape index (κ3) is 9.73. The zero-order chi connectivity index (χ0) is 28.2. The normalized spacial score (nSPS) is 13.4. The van der Waals surface area contributed by atoms with Crippen LogP contribution in [0.2, 0.25) is 0 Å². The summed E-state index contributed by atoms with van der Waals surface area (Å²) in [7, 11) is 0. The Morgan fingerprint density at radius 2 is 1.71 bits per heavy atom. The number of hydrogen-bond donors (Lipinski definition) is 8. The average molecular weight is 531 g/mol. The van der Waals surface area contributed by atoms with Gasteiger partial charge in [-0.05, 0) is 36.8 Å². The van der Waals surface area contributed by atoms with E-state index >= 15 is 0 Å². The van der Waals surface area contributed by atoms with E-state index in [4.69, 9.17) is 22.3 Å². The first kappa shape index (κ1) is 30.1. The van der Waals surface area contributed by atoms with Gasteiger partial charge in [-0.25, -0.2) is 0 Å². The fourth-order valence-corrected chi connectivity index (χ4v) is 3.95. The van der Waals surface area contributed by atoms with Crippen molar-refractivity contribution in [1.82, 2.24) is 20.9 Å². The molecular weight excluding hydrogens is 492 g/mol. The van der Waals surface area contributed by atoms with Crippen molar-refractivity contribution in [2.45, 2.75) is 57.7 Å². The summed E-state index contributed by atoms with van der Waals surface area (Å²) in [5, 5.41) is 17.5. The molecule has 1 heterocycles. The fourth-order valence-electron chi connectivity index (χ4n) is 3.95. The van der Waals surface area contributed by atoms with Crippen LogP contribution in [0.15, 0.2) is 35.5 Å². The SMILES string of the molecule is CC(C)CC(N)C(=O)NC(Cc1c[nH]c2ccccc12)C(=O)NC(CCCN=C(N)N)C(=O)NCC(=O)O. The maximum Gasteiger partial charge on any atom is 0.322 e. The number of carbonyl (C=O) groups excluding carboxylic acids is 3. The lowest BCUT2D eigenvalue weighted by molar-refractivity contribution is -0.138. The zero-order valence-corrected chi connectivity index (χ0v) is 21.7. The summed E-state index contributed by atoms with van der Waals surface area (Å²) in [5.41, 5.74) is 18.4. The minimum absolute atomic E-state index is 0.111. The lowest BCUT2D eigenvalue weighted by Crippen LogP contribution is -2.56. The Morgan fingerprint density at radius 3 is 2.37 bits per heavy atom. The van der Waals surface area contributed by atoms with Crippen molar-refractivity contribution in [3.05, 3.63) is 36.0 Å². The highest BCUT2D eigenvalue weighted by Crippen LogP contribution is 2.19. The van der Waals surface area contributed by atoms with Crippen LogP contribution < -0.4 is 33.2 Å². The number of nitrogens with zero attached hydrogens (tertiary/aromatic N) is 1. The lowest BCUT2D eigenvalue weighted by atomic mass is 10.0. The number of aromatic amines is 1. The Bertz CT molecular complexity index is 1140. The Kier molecular flexibility index (Phi) is 11.5. The van der Waals surface area contributed by atoms with Crippen LogP contribution in [0.3, 0.4) is 0 Å². The molecule has 3 unspecified atom stereocenters. The second kappa shape index (κ2) is 14.6. The largest absolute Gasteiger partial charge is 0.480 e. The molecule has 1 aromatic heterocycles. The lowest BCUT2D eigenvalue weighted by Gasteiger charge is -2.24. The van der Waals surface area contributed by atoms with Gasteiger partial charge in [-0.1, -0.05) is 32.0 Å². The number of nitrogens with two attached hydrogens (primary N) is 3. The summed E-state index contributed by atoms with van der Waals surface area (Å²) >= 11 is 0. The molecular formula is C25H38N8O5. The van der Waals surface area contributed by atoms with Crippen molar-refractivity contribution in [3.8, 4) is 0 Å². The zero-order valence-electron chi connectivity index (χ0n) is 21.7. The number of nitrogens with one attached hydrogen (secondary N) is 4. The monoisotopic (exact) mass is 530 g/mol. The molecule has 0 aliphatic heterocycles. The number of para-hydroxylation sites is 1. The van der Waals surface area contributed by atoms with Gasteiger partial charge >= 0.3 is 5.97 Å². The molecule has 13 nitrogen and oxygen atoms in total. The molecule has 0 bridgehead atoms. The molecule has 0 radical (unpaired) electrons. The number of amides is 3. The first-order valence-corrected chi connectivity index (χ1v) is 12.4. The molecule has 13 heteroatoms. The summed E-state index contributed by atoms with van der Waals surface area (Å²) < 4.78 is 0. The molecule has 0 saturated carbocycles. The van der Waals surface area contributed by atoms with Gasteiger partial charge < -0.3 is 43.2 Å². The number of rotatable bonds is 15. The molecule has 0 fully saturated rings. The molecule has 208 valence electrons. The second-order valence-electron chi connectivity index (χ2n) is 9.48. The van der Waals surface area contributed by atoms with E-state index in [9.17, 15) is 19.2 Å². The number of aliphatic carboxylic acids is 1. The van der Waals surface area contributed by atoms with Crippen molar-refractivity contribution < 1.29 is 24.3 Å². The van der Waals surface area contributed by atoms with Gasteiger partial charge in [-0.2, -0.15) is 0 Å². The quantitative estimate of drug-likeness (QED) is 0.0832. The van der Waals surface area contributed by atoms with E-state index < -0.39 is 48.4 Å². The van der Waals surface area contributed by atoms with E-state index in [1.165, 1.54) is 0 Å². The van der Waals surface area contributed by atoms with E-state index in [1.807, 2.05) is 38.1 Å². The second-order valence-corrected chi connectivity index (χ2v) is 9.48. The van der Waals surface area contributed by atoms with Crippen molar-refractivity contribution in [2.24, 2.45) is 28.1 Å². The number of carboxylic acids is 1. The van der Waals surface area contributed by atoms with E-state index in [0.717, 1.165) is 16.5 Å². The van der Waals surface area contributed by atoms with Crippen molar-refractivity contribution in [1.29, 1.82) is 0 Å². The Balaban J connectivity index is 2.25. The number of fused-ring (bicyclic) bond motifs is 1. The van der Waals surface area contributed by atoms with E-state index in [-0.39, 0.29) is 31.3 Å². The van der Waals surface area contributed by atoms with Crippen LogP contribution in [0.4, 0.5) is 0 Å². The molecule has 0 aliphatic carbocycles. The van der Waals surface area contributed by atoms with Crippen LogP contribution in [-0.4, -0.2) is 71.0 Å². The van der Waals surface area contributed by atoms with Gasteiger partial charge in [-0.3, -0.25) is 24.2 Å². The Hall–Kier alpha value is -4.13. The maximum atomic E-state index is 13.4. The third-order valence-corrected chi connectivity index (χ3v) is 5.79. The van der Waals surface area contributed by atoms with Crippen LogP contribution >= 0.6 is 0 Å². The molecule has 2 aromatic rings. The Morgan fingerprint density at radius 1 is 1.03 bits per heavy atom. The third-order valence-electron chi connectivity index (χ3n) is 5.79. The van der Waals surface area contributed by atoms with Crippen LogP contribution in [-0.2, 0) is 25.6 Å². The summed E-state index contributed by atoms with van der Waals surface area (Å²) in [6.45, 7) is 3.47. The van der Waals surface area contributed by atoms with Gasteiger partial charge in [0, 0.05) is 30.1 Å². The number of guanidine groups is 1. The smallest absolute Gasteiger partial charge is 0.322 e. The molecule has 0 spiro atoms. The average Bonchev–Trinajstić information content (AvgIpc) is 3.26. The Labute approximate surface area is 221 Å². The van der Waals surface area contributed by atoms with Gasteiger partial charge in [0.1, 0.15) is 18.6 Å². The van der Waals surface area contributed by atoms with Crippen LogP contribution in [0, 0.1) is 5.92 Å². The molecule has 38 heavy (non-hydrogen) atoms. The van der Waals surface area contributed by atoms with Gasteiger partial charge in [0.2, 0.25) is 17.7 Å². The molecule has 1 aromatic carbocycles. The predicted molar refractivity (Wildman–Crippen MR) is 144 cm³/mol. The highest BCUT2D eigenvalue weighted by Gasteiger charge is 2.29. The predicted octanol–water partition coefficient (Wildman–Crippen LogP) is -0.692. The van der Waals surface area contributed by atoms with Gasteiger partial charge in [-0.15, -0.1) is 0 Å². The van der Waals surface area contributed by atoms with E-state index in [2.05, 4.69) is 25.9 Å². The molecule has 0 saturated heterocycles. The first-order chi connectivity index (χ1) is 18.0. The maximum absolute atomic E-state index is 13.4. The summed E-state index contributed by atoms with van der Waals surface area (Å²) in [4.78, 5) is 56.9. The molecule has 0 aliphatic rings. The number of carboxylic acid groups (broad SMARTS) is 1. The first-order valence-electron chi connectivity index (χ1n) is 12.4. The minimum Gasteiger partial charge on any atom is -0.480 e. The highest BCUT2D eigenvalue weighted by molar-refractivity contribution is 5.94. The number of H-pyrrole nitrogens is 1. The van der Waals surface area contributed by atoms with Gasteiger partial charge in [0.25, 0.3) is 0 Å². The minimum atomic E-state index is -1.23. The van der Waals surface area contributed by atoms with Crippen molar-refractivity contribution >= 4 is 40.6 Å². The number of aliphatic imine (C=N–C) groups is 1. The number of carbonyl (C=O) groups is 4. The highest BCUT2D eigenvalue weighted by atomic mass is 16.4. The number of aromatic nitrogens is 1. The van der Waals surface area contributed by atoms with Crippen LogP contribution in [0.25, 0.3) is 10.9 Å².